The van der Waals surface area contributed by atoms with Crippen LogP contribution in [0.15, 0.2) is 12.2 Å². The Morgan fingerprint density at radius 2 is 1.25 bits per heavy atom. The van der Waals surface area contributed by atoms with E-state index >= 15 is 0 Å². The Morgan fingerprint density at radius 3 is 1.67 bits per heavy atom. The van der Waals surface area contributed by atoms with Gasteiger partial charge in [-0.3, -0.25) is 0 Å². The molecule has 2 aliphatic heterocycles. The Balaban J connectivity index is 1.20. The van der Waals surface area contributed by atoms with Gasteiger partial charge in [-0.25, -0.2) is 4.79 Å². The summed E-state index contributed by atoms with van der Waals surface area (Å²) in [5.74, 6) is 0.202. The summed E-state index contributed by atoms with van der Waals surface area (Å²) in [7, 11) is 0. The predicted molar refractivity (Wildman–Crippen MR) is 138 cm³/mol. The third-order valence-electron chi connectivity index (χ3n) is 9.75. The van der Waals surface area contributed by atoms with Gasteiger partial charge in [0.2, 0.25) is 0 Å². The van der Waals surface area contributed by atoms with Crippen LogP contribution in [0.5, 0.6) is 0 Å². The molecular formula is C30H48O6. The molecule has 0 spiro atoms. The molecule has 4 saturated carbocycles. The van der Waals surface area contributed by atoms with E-state index < -0.39 is 5.60 Å². The third-order valence-corrected chi connectivity index (χ3v) is 9.75. The zero-order valence-corrected chi connectivity index (χ0v) is 23.0. The Bertz CT molecular complexity index is 781. The minimum absolute atomic E-state index is 0.0849. The molecule has 4 atom stereocenters. The summed E-state index contributed by atoms with van der Waals surface area (Å²) in [4.78, 5) is 12.7. The number of carbonyl (C=O) groups excluding carboxylic acids is 1. The van der Waals surface area contributed by atoms with E-state index in [-0.39, 0.29) is 28.4 Å². The van der Waals surface area contributed by atoms with E-state index in [0.717, 1.165) is 103 Å². The van der Waals surface area contributed by atoms with Gasteiger partial charge >= 0.3 is 5.97 Å². The molecule has 2 heterocycles. The van der Waals surface area contributed by atoms with Gasteiger partial charge in [-0.1, -0.05) is 6.58 Å². The fourth-order valence-electron chi connectivity index (χ4n) is 7.97. The van der Waals surface area contributed by atoms with Crippen LogP contribution in [0.25, 0.3) is 0 Å². The summed E-state index contributed by atoms with van der Waals surface area (Å²) in [6, 6.07) is 0. The molecule has 6 aliphatic rings. The predicted octanol–water partition coefficient (Wildman–Crippen LogP) is 6.05. The van der Waals surface area contributed by atoms with Crippen LogP contribution in [0.3, 0.4) is 0 Å². The molecular weight excluding hydrogens is 456 g/mol. The second-order valence-electron chi connectivity index (χ2n) is 13.4. The van der Waals surface area contributed by atoms with Crippen molar-refractivity contribution >= 4 is 5.97 Å². The van der Waals surface area contributed by atoms with Gasteiger partial charge in [-0.05, 0) is 97.3 Å². The maximum Gasteiger partial charge on any atom is 0.333 e. The fourth-order valence-corrected chi connectivity index (χ4v) is 7.97. The van der Waals surface area contributed by atoms with Crippen LogP contribution >= 0.6 is 0 Å². The normalized spacial score (nSPS) is 42.6. The second kappa shape index (κ2) is 9.98. The summed E-state index contributed by atoms with van der Waals surface area (Å²) < 4.78 is 31.2. The number of carbonyl (C=O) groups is 1. The van der Waals surface area contributed by atoms with E-state index in [1.54, 1.807) is 6.92 Å². The SMILES string of the molecule is C=C(C)C(=O)OC12CC3CC(OCCCCC4(C)CCO4)(CC(OCCCCC4(C)CCO4)(C3)C1)C2. The number of esters is 1. The van der Waals surface area contributed by atoms with E-state index in [0.29, 0.717) is 11.5 Å². The van der Waals surface area contributed by atoms with Crippen molar-refractivity contribution in [2.75, 3.05) is 26.4 Å². The number of hydrogen-bond donors (Lipinski definition) is 0. The Morgan fingerprint density at radius 1 is 0.806 bits per heavy atom. The van der Waals surface area contributed by atoms with Gasteiger partial charge in [0.25, 0.3) is 0 Å². The first-order chi connectivity index (χ1) is 17.1. The zero-order chi connectivity index (χ0) is 25.5. The molecule has 0 aromatic rings. The lowest BCUT2D eigenvalue weighted by Gasteiger charge is -2.64. The van der Waals surface area contributed by atoms with E-state index in [2.05, 4.69) is 20.4 Å². The maximum atomic E-state index is 12.7. The van der Waals surface area contributed by atoms with E-state index in [9.17, 15) is 4.79 Å². The molecule has 2 saturated heterocycles. The minimum atomic E-state index is -0.490. The first kappa shape index (κ1) is 26.6. The molecule has 4 unspecified atom stereocenters. The topological polar surface area (TPSA) is 63.2 Å². The highest BCUT2D eigenvalue weighted by molar-refractivity contribution is 5.87. The average molecular weight is 505 g/mol. The molecule has 0 amide bonds. The standard InChI is InChI=1S/C30H48O6/c1-23(2)25(31)36-30-19-24-17-28(21-30,34-13-7-5-9-26(3)11-15-32-26)20-29(18-24,22-30)35-14-8-6-10-27(4)12-16-33-27/h24H,1,5-22H2,2-4H3. The second-order valence-corrected chi connectivity index (χ2v) is 13.4. The van der Waals surface area contributed by atoms with Gasteiger partial charge in [-0.2, -0.15) is 0 Å². The highest BCUT2D eigenvalue weighted by Crippen LogP contribution is 2.63. The van der Waals surface area contributed by atoms with Gasteiger partial charge in [0.05, 0.1) is 35.6 Å². The van der Waals surface area contributed by atoms with Crippen molar-refractivity contribution in [3.05, 3.63) is 12.2 Å². The van der Waals surface area contributed by atoms with Crippen LogP contribution in [0.2, 0.25) is 0 Å². The highest BCUT2D eigenvalue weighted by Gasteiger charge is 2.66. The van der Waals surface area contributed by atoms with Crippen molar-refractivity contribution in [2.45, 2.75) is 139 Å². The fraction of sp³-hybridized carbons (Fsp3) is 0.900. The molecule has 0 radical (unpaired) electrons. The van der Waals surface area contributed by atoms with Crippen LogP contribution < -0.4 is 0 Å². The van der Waals surface area contributed by atoms with Crippen molar-refractivity contribution in [1.82, 2.24) is 0 Å². The summed E-state index contributed by atoms with van der Waals surface area (Å²) in [6.45, 7) is 13.3. The van der Waals surface area contributed by atoms with Crippen molar-refractivity contribution in [1.29, 1.82) is 0 Å². The van der Waals surface area contributed by atoms with E-state index in [4.69, 9.17) is 23.7 Å². The van der Waals surface area contributed by atoms with Crippen molar-refractivity contribution in [3.8, 4) is 0 Å². The van der Waals surface area contributed by atoms with Crippen molar-refractivity contribution in [2.24, 2.45) is 5.92 Å². The molecule has 36 heavy (non-hydrogen) atoms. The van der Waals surface area contributed by atoms with Crippen molar-refractivity contribution in [3.63, 3.8) is 0 Å². The Labute approximate surface area is 217 Å². The number of rotatable bonds is 14. The average Bonchev–Trinajstić information content (AvgIpc) is 2.74. The molecule has 6 fully saturated rings. The number of hydrogen-bond acceptors (Lipinski definition) is 6. The molecule has 6 nitrogen and oxygen atoms in total. The smallest absolute Gasteiger partial charge is 0.333 e. The van der Waals surface area contributed by atoms with E-state index in [1.165, 1.54) is 12.8 Å². The van der Waals surface area contributed by atoms with Gasteiger partial charge in [0, 0.05) is 38.0 Å². The maximum absolute atomic E-state index is 12.7. The lowest BCUT2D eigenvalue weighted by molar-refractivity contribution is -0.284. The van der Waals surface area contributed by atoms with E-state index in [1.807, 2.05) is 0 Å². The minimum Gasteiger partial charge on any atom is -0.455 e. The Hall–Kier alpha value is -0.950. The number of ether oxygens (including phenoxy) is 5. The molecule has 6 heteroatoms. The quantitative estimate of drug-likeness (QED) is 0.163. The summed E-state index contributed by atoms with van der Waals surface area (Å²) >= 11 is 0. The van der Waals surface area contributed by atoms with Crippen LogP contribution in [-0.2, 0) is 28.5 Å². The van der Waals surface area contributed by atoms with Crippen LogP contribution in [-0.4, -0.2) is 60.4 Å². The summed E-state index contributed by atoms with van der Waals surface area (Å²) in [5, 5.41) is 0. The molecule has 4 bridgehead atoms. The van der Waals surface area contributed by atoms with Crippen molar-refractivity contribution < 1.29 is 28.5 Å². The van der Waals surface area contributed by atoms with Gasteiger partial charge in [0.1, 0.15) is 5.60 Å². The van der Waals surface area contributed by atoms with Crippen LogP contribution in [0, 0.1) is 5.92 Å². The first-order valence-corrected chi connectivity index (χ1v) is 14.5. The molecule has 0 aromatic heterocycles. The first-order valence-electron chi connectivity index (χ1n) is 14.5. The lowest BCUT2D eigenvalue weighted by Crippen LogP contribution is -2.68. The Kier molecular flexibility index (Phi) is 7.39. The van der Waals surface area contributed by atoms with Gasteiger partial charge < -0.3 is 23.7 Å². The monoisotopic (exact) mass is 504 g/mol. The van der Waals surface area contributed by atoms with Gasteiger partial charge in [-0.15, -0.1) is 0 Å². The number of unbranched alkanes of at least 4 members (excludes halogenated alkanes) is 2. The molecule has 6 rings (SSSR count). The van der Waals surface area contributed by atoms with Crippen LogP contribution in [0.1, 0.15) is 111 Å². The molecule has 4 aliphatic carbocycles. The van der Waals surface area contributed by atoms with Crippen LogP contribution in [0.4, 0.5) is 0 Å². The largest absolute Gasteiger partial charge is 0.455 e. The molecule has 0 N–H and O–H groups in total. The summed E-state index contributed by atoms with van der Waals surface area (Å²) in [6.07, 6.45) is 14.4. The molecule has 204 valence electrons. The highest BCUT2D eigenvalue weighted by atomic mass is 16.6. The van der Waals surface area contributed by atoms with Gasteiger partial charge in [0.15, 0.2) is 0 Å². The summed E-state index contributed by atoms with van der Waals surface area (Å²) in [5.41, 5.74) is -0.356. The zero-order valence-electron chi connectivity index (χ0n) is 23.0. The molecule has 0 aromatic carbocycles. The third kappa shape index (κ3) is 5.72. The lowest BCUT2D eigenvalue weighted by atomic mass is 9.50.